The van der Waals surface area contributed by atoms with Crippen molar-refractivity contribution < 1.29 is 27.4 Å². The number of nitrogens with one attached hydrogen (secondary N) is 1. The van der Waals surface area contributed by atoms with Crippen LogP contribution in [-0.4, -0.2) is 40.8 Å². The maximum absolute atomic E-state index is 11.9. The Balaban J connectivity index is 1.51. The van der Waals surface area contributed by atoms with Crippen molar-refractivity contribution in [3.63, 3.8) is 0 Å². The van der Waals surface area contributed by atoms with E-state index in [0.29, 0.717) is 23.7 Å². The minimum absolute atomic E-state index is 0.0663. The van der Waals surface area contributed by atoms with Gasteiger partial charge in [-0.05, 0) is 43.0 Å². The van der Waals surface area contributed by atoms with Crippen molar-refractivity contribution in [1.82, 2.24) is 4.72 Å². The molecule has 7 nitrogen and oxygen atoms in total. The highest BCUT2D eigenvalue weighted by Crippen LogP contribution is 2.30. The fourth-order valence-electron chi connectivity index (χ4n) is 2.41. The average molecular weight is 389 g/mol. The Morgan fingerprint density at radius 1 is 1.19 bits per heavy atom. The van der Waals surface area contributed by atoms with Crippen LogP contribution in [0.2, 0.25) is 0 Å². The van der Waals surface area contributed by atoms with Gasteiger partial charge in [0.05, 0.1) is 4.90 Å². The van der Waals surface area contributed by atoms with Crippen LogP contribution in [0.25, 0.3) is 6.08 Å². The lowest BCUT2D eigenvalue weighted by molar-refractivity contribution is -0.140. The Kier molecular flexibility index (Phi) is 5.78. The molecule has 1 aliphatic heterocycles. The summed E-state index contributed by atoms with van der Waals surface area (Å²) >= 11 is 0. The Bertz CT molecular complexity index is 937. The van der Waals surface area contributed by atoms with Crippen LogP contribution in [0.5, 0.6) is 11.5 Å². The normalized spacial score (nSPS) is 16.3. The molecule has 0 aliphatic carbocycles. The van der Waals surface area contributed by atoms with Crippen LogP contribution in [0.15, 0.2) is 59.5 Å². The van der Waals surface area contributed by atoms with Crippen LogP contribution >= 0.6 is 0 Å². The predicted octanol–water partition coefficient (Wildman–Crippen LogP) is 1.99. The largest absolute Gasteiger partial charge is 0.486 e. The van der Waals surface area contributed by atoms with Crippen LogP contribution in [0.1, 0.15) is 5.56 Å². The zero-order valence-corrected chi connectivity index (χ0v) is 15.4. The van der Waals surface area contributed by atoms with Gasteiger partial charge in [0.1, 0.15) is 13.2 Å². The molecular formula is C19H19NO6S. The van der Waals surface area contributed by atoms with E-state index in [1.807, 2.05) is 18.2 Å². The third kappa shape index (κ3) is 4.87. The first-order chi connectivity index (χ1) is 13.0. The highest BCUT2D eigenvalue weighted by molar-refractivity contribution is 7.89. The van der Waals surface area contributed by atoms with E-state index in [1.165, 1.54) is 25.3 Å². The van der Waals surface area contributed by atoms with E-state index in [9.17, 15) is 13.2 Å². The van der Waals surface area contributed by atoms with Crippen LogP contribution in [0.3, 0.4) is 0 Å². The van der Waals surface area contributed by atoms with Gasteiger partial charge in [0, 0.05) is 6.08 Å². The highest BCUT2D eigenvalue weighted by Gasteiger charge is 2.21. The van der Waals surface area contributed by atoms with Crippen molar-refractivity contribution in [3.05, 3.63) is 60.2 Å². The number of ether oxygens (including phenoxy) is 3. The molecule has 0 saturated heterocycles. The fourth-order valence-corrected chi connectivity index (χ4v) is 3.14. The summed E-state index contributed by atoms with van der Waals surface area (Å²) in [5.74, 6) is 0.769. The van der Waals surface area contributed by atoms with E-state index in [2.05, 4.69) is 4.72 Å². The molecule has 0 spiro atoms. The molecular weight excluding hydrogens is 370 g/mol. The van der Waals surface area contributed by atoms with Crippen LogP contribution in [-0.2, 0) is 19.6 Å². The van der Waals surface area contributed by atoms with Gasteiger partial charge >= 0.3 is 5.97 Å². The summed E-state index contributed by atoms with van der Waals surface area (Å²) in [7, 11) is -2.13. The van der Waals surface area contributed by atoms with Gasteiger partial charge in [0.2, 0.25) is 10.0 Å². The van der Waals surface area contributed by atoms with Crippen molar-refractivity contribution in [2.75, 3.05) is 20.3 Å². The molecule has 27 heavy (non-hydrogen) atoms. The molecule has 2 aromatic carbocycles. The van der Waals surface area contributed by atoms with Crippen molar-refractivity contribution >= 4 is 22.1 Å². The molecule has 0 radical (unpaired) electrons. The summed E-state index contributed by atoms with van der Waals surface area (Å²) < 4.78 is 42.0. The van der Waals surface area contributed by atoms with Crippen LogP contribution < -0.4 is 14.2 Å². The molecule has 142 valence electrons. The number of carbonyl (C=O) groups excluding carboxylic acids is 1. The van der Waals surface area contributed by atoms with Crippen LogP contribution in [0, 0.1) is 0 Å². The summed E-state index contributed by atoms with van der Waals surface area (Å²) in [6, 6.07) is 13.4. The van der Waals surface area contributed by atoms with Gasteiger partial charge in [-0.2, -0.15) is 0 Å². The Morgan fingerprint density at radius 2 is 1.89 bits per heavy atom. The lowest BCUT2D eigenvalue weighted by Crippen LogP contribution is -2.34. The SMILES string of the molecule is CNS(=O)(=O)c1ccc(/C=C/C(=O)OCC2COc3ccccc3O2)cc1. The number of carbonyl (C=O) groups is 1. The molecule has 3 rings (SSSR count). The van der Waals surface area contributed by atoms with Gasteiger partial charge in [-0.25, -0.2) is 17.9 Å². The smallest absolute Gasteiger partial charge is 0.330 e. The molecule has 0 amide bonds. The summed E-state index contributed by atoms with van der Waals surface area (Å²) in [5, 5.41) is 0. The number of esters is 1. The first-order valence-corrected chi connectivity index (χ1v) is 9.73. The van der Waals surface area contributed by atoms with Gasteiger partial charge in [-0.1, -0.05) is 24.3 Å². The molecule has 1 N–H and O–H groups in total. The van der Waals surface area contributed by atoms with E-state index in [0.717, 1.165) is 0 Å². The molecule has 1 aliphatic rings. The molecule has 0 aromatic heterocycles. The topological polar surface area (TPSA) is 90.9 Å². The molecule has 1 atom stereocenters. The first kappa shape index (κ1) is 18.9. The van der Waals surface area contributed by atoms with Gasteiger partial charge < -0.3 is 14.2 Å². The van der Waals surface area contributed by atoms with E-state index < -0.39 is 16.0 Å². The molecule has 0 bridgehead atoms. The Morgan fingerprint density at radius 3 is 2.59 bits per heavy atom. The van der Waals surface area contributed by atoms with E-state index in [1.54, 1.807) is 24.3 Å². The van der Waals surface area contributed by atoms with E-state index >= 15 is 0 Å². The monoisotopic (exact) mass is 389 g/mol. The van der Waals surface area contributed by atoms with Crippen molar-refractivity contribution in [1.29, 1.82) is 0 Å². The second-order valence-electron chi connectivity index (χ2n) is 5.74. The minimum Gasteiger partial charge on any atom is -0.486 e. The molecule has 0 saturated carbocycles. The number of benzene rings is 2. The van der Waals surface area contributed by atoms with E-state index in [-0.39, 0.29) is 17.6 Å². The third-order valence-electron chi connectivity index (χ3n) is 3.85. The van der Waals surface area contributed by atoms with E-state index in [4.69, 9.17) is 14.2 Å². The second-order valence-corrected chi connectivity index (χ2v) is 7.62. The standard InChI is InChI=1S/C19H19NO6S/c1-20-27(22,23)16-9-6-14(7-10-16)8-11-19(21)25-13-15-12-24-17-4-2-3-5-18(17)26-15/h2-11,15,20H,12-13H2,1H3/b11-8+. The summed E-state index contributed by atoms with van der Waals surface area (Å²) in [6.45, 7) is 0.367. The number of fused-ring (bicyclic) bond motifs is 1. The molecule has 8 heteroatoms. The molecule has 2 aromatic rings. The minimum atomic E-state index is -3.48. The molecule has 1 heterocycles. The molecule has 0 fully saturated rings. The van der Waals surface area contributed by atoms with Crippen molar-refractivity contribution in [2.45, 2.75) is 11.0 Å². The van der Waals surface area contributed by atoms with Gasteiger partial charge in [0.15, 0.2) is 17.6 Å². The summed E-state index contributed by atoms with van der Waals surface area (Å²) in [5.41, 5.74) is 0.674. The lowest BCUT2D eigenvalue weighted by Gasteiger charge is -2.25. The first-order valence-electron chi connectivity index (χ1n) is 8.25. The van der Waals surface area contributed by atoms with Crippen LogP contribution in [0.4, 0.5) is 0 Å². The Labute approximate surface area is 157 Å². The quantitative estimate of drug-likeness (QED) is 0.600. The zero-order chi connectivity index (χ0) is 19.3. The predicted molar refractivity (Wildman–Crippen MR) is 99.0 cm³/mol. The fraction of sp³-hybridized carbons (Fsp3) is 0.211. The highest BCUT2D eigenvalue weighted by atomic mass is 32.2. The maximum atomic E-state index is 11.9. The van der Waals surface area contributed by atoms with Gasteiger partial charge in [0.25, 0.3) is 0 Å². The second kappa shape index (κ2) is 8.24. The summed E-state index contributed by atoms with van der Waals surface area (Å²) in [4.78, 5) is 12.0. The third-order valence-corrected chi connectivity index (χ3v) is 5.28. The van der Waals surface area contributed by atoms with Crippen molar-refractivity contribution in [2.24, 2.45) is 0 Å². The number of hydrogen-bond acceptors (Lipinski definition) is 6. The van der Waals surface area contributed by atoms with Crippen molar-refractivity contribution in [3.8, 4) is 11.5 Å². The number of hydrogen-bond donors (Lipinski definition) is 1. The number of sulfonamides is 1. The lowest BCUT2D eigenvalue weighted by atomic mass is 10.2. The number of rotatable bonds is 6. The zero-order valence-electron chi connectivity index (χ0n) is 14.6. The Hall–Kier alpha value is -2.84. The van der Waals surface area contributed by atoms with Gasteiger partial charge in [-0.15, -0.1) is 0 Å². The summed E-state index contributed by atoms with van der Waals surface area (Å²) in [6.07, 6.45) is 2.45. The molecule has 1 unspecified atom stereocenters. The average Bonchev–Trinajstić information content (AvgIpc) is 2.71. The number of para-hydroxylation sites is 2. The van der Waals surface area contributed by atoms with Gasteiger partial charge in [-0.3, -0.25) is 0 Å². The maximum Gasteiger partial charge on any atom is 0.330 e.